The number of hydrogen-bond acceptors (Lipinski definition) is 3. The quantitative estimate of drug-likeness (QED) is 0.787. The molecular formula is C9H13ClFN3. The van der Waals surface area contributed by atoms with Gasteiger partial charge in [-0.3, -0.25) is 0 Å². The van der Waals surface area contributed by atoms with Gasteiger partial charge in [0.25, 0.3) is 0 Å². The van der Waals surface area contributed by atoms with Gasteiger partial charge >= 0.3 is 0 Å². The third-order valence-electron chi connectivity index (χ3n) is 1.80. The van der Waals surface area contributed by atoms with E-state index in [4.69, 9.17) is 11.6 Å². The Bertz CT molecular complexity index is 276. The minimum Gasteiger partial charge on any atom is -0.353 e. The van der Waals surface area contributed by atoms with Crippen molar-refractivity contribution in [3.05, 3.63) is 18.2 Å². The van der Waals surface area contributed by atoms with Gasteiger partial charge in [0.2, 0.25) is 5.95 Å². The van der Waals surface area contributed by atoms with E-state index in [2.05, 4.69) is 15.3 Å². The molecule has 0 saturated heterocycles. The summed E-state index contributed by atoms with van der Waals surface area (Å²) in [6, 6.07) is 0. The van der Waals surface area contributed by atoms with E-state index in [-0.39, 0.29) is 5.38 Å². The summed E-state index contributed by atoms with van der Waals surface area (Å²) >= 11 is 6.00. The Hall–Kier alpha value is -0.900. The van der Waals surface area contributed by atoms with Crippen molar-refractivity contribution in [2.45, 2.75) is 19.2 Å². The predicted molar refractivity (Wildman–Crippen MR) is 55.0 cm³/mol. The molecule has 0 aromatic carbocycles. The van der Waals surface area contributed by atoms with Crippen molar-refractivity contribution in [1.29, 1.82) is 0 Å². The van der Waals surface area contributed by atoms with Crippen molar-refractivity contribution in [3.63, 3.8) is 0 Å². The Morgan fingerprint density at radius 1 is 1.43 bits per heavy atom. The van der Waals surface area contributed by atoms with Crippen LogP contribution in [-0.4, -0.2) is 21.9 Å². The second-order valence-corrected chi connectivity index (χ2v) is 3.93. The summed E-state index contributed by atoms with van der Waals surface area (Å²) in [7, 11) is 0. The summed E-state index contributed by atoms with van der Waals surface area (Å²) in [5.41, 5.74) is 0. The Labute approximate surface area is 87.7 Å². The van der Waals surface area contributed by atoms with Crippen LogP contribution < -0.4 is 5.32 Å². The molecule has 1 N–H and O–H groups in total. The van der Waals surface area contributed by atoms with Crippen LogP contribution in [-0.2, 0) is 0 Å². The van der Waals surface area contributed by atoms with Gasteiger partial charge in [-0.15, -0.1) is 11.6 Å². The lowest BCUT2D eigenvalue weighted by atomic mass is 10.1. The molecule has 1 rings (SSSR count). The molecule has 1 aromatic rings. The highest BCUT2D eigenvalue weighted by molar-refractivity contribution is 6.21. The molecule has 0 radical (unpaired) electrons. The molecule has 0 bridgehead atoms. The highest BCUT2D eigenvalue weighted by Crippen LogP contribution is 2.09. The van der Waals surface area contributed by atoms with E-state index >= 15 is 0 Å². The number of rotatable bonds is 4. The summed E-state index contributed by atoms with van der Waals surface area (Å²) in [5.74, 6) is 0.337. The summed E-state index contributed by atoms with van der Waals surface area (Å²) in [6.07, 6.45) is 2.24. The zero-order valence-electron chi connectivity index (χ0n) is 8.17. The largest absolute Gasteiger partial charge is 0.353 e. The van der Waals surface area contributed by atoms with Gasteiger partial charge in [-0.1, -0.05) is 13.8 Å². The molecule has 0 amide bonds. The fourth-order valence-corrected chi connectivity index (χ4v) is 0.905. The summed E-state index contributed by atoms with van der Waals surface area (Å²) in [5, 5.41) is 2.95. The molecule has 78 valence electrons. The van der Waals surface area contributed by atoms with Gasteiger partial charge in [-0.2, -0.15) is 0 Å². The average Bonchev–Trinajstić information content (AvgIpc) is 2.16. The van der Waals surface area contributed by atoms with Gasteiger partial charge in [0, 0.05) is 6.54 Å². The molecule has 1 heterocycles. The zero-order valence-corrected chi connectivity index (χ0v) is 8.92. The topological polar surface area (TPSA) is 37.8 Å². The predicted octanol–water partition coefficient (Wildman–Crippen LogP) is 2.29. The van der Waals surface area contributed by atoms with Gasteiger partial charge in [-0.25, -0.2) is 14.4 Å². The van der Waals surface area contributed by atoms with Gasteiger partial charge in [0.05, 0.1) is 17.8 Å². The van der Waals surface area contributed by atoms with E-state index < -0.39 is 5.82 Å². The average molecular weight is 218 g/mol. The van der Waals surface area contributed by atoms with Crippen molar-refractivity contribution in [2.24, 2.45) is 5.92 Å². The van der Waals surface area contributed by atoms with E-state index in [0.717, 1.165) is 12.4 Å². The Balaban J connectivity index is 2.42. The van der Waals surface area contributed by atoms with Crippen molar-refractivity contribution in [1.82, 2.24) is 9.97 Å². The maximum absolute atomic E-state index is 12.4. The van der Waals surface area contributed by atoms with E-state index in [9.17, 15) is 4.39 Å². The van der Waals surface area contributed by atoms with Crippen LogP contribution in [0.5, 0.6) is 0 Å². The molecule has 0 saturated carbocycles. The Morgan fingerprint density at radius 3 is 2.50 bits per heavy atom. The van der Waals surface area contributed by atoms with Crippen LogP contribution in [0.2, 0.25) is 0 Å². The number of nitrogens with zero attached hydrogens (tertiary/aromatic N) is 2. The van der Waals surface area contributed by atoms with Crippen LogP contribution in [0.4, 0.5) is 10.3 Å². The first kappa shape index (κ1) is 11.2. The molecule has 0 fully saturated rings. The molecule has 0 spiro atoms. The molecule has 0 aliphatic heterocycles. The van der Waals surface area contributed by atoms with E-state index in [1.807, 2.05) is 13.8 Å². The first-order chi connectivity index (χ1) is 6.59. The summed E-state index contributed by atoms with van der Waals surface area (Å²) < 4.78 is 12.4. The molecule has 1 atom stereocenters. The minimum atomic E-state index is -0.443. The van der Waals surface area contributed by atoms with Gasteiger partial charge < -0.3 is 5.32 Å². The number of nitrogens with one attached hydrogen (secondary N) is 1. The van der Waals surface area contributed by atoms with Crippen LogP contribution in [0.25, 0.3) is 0 Å². The zero-order chi connectivity index (χ0) is 10.6. The van der Waals surface area contributed by atoms with Gasteiger partial charge in [0.1, 0.15) is 0 Å². The second-order valence-electron chi connectivity index (χ2n) is 3.37. The molecule has 1 aromatic heterocycles. The van der Waals surface area contributed by atoms with Crippen LogP contribution >= 0.6 is 11.6 Å². The lowest BCUT2D eigenvalue weighted by Crippen LogP contribution is -2.20. The van der Waals surface area contributed by atoms with Crippen molar-refractivity contribution >= 4 is 17.5 Å². The first-order valence-electron chi connectivity index (χ1n) is 4.45. The highest BCUT2D eigenvalue weighted by Gasteiger charge is 2.09. The Morgan fingerprint density at radius 2 is 2.00 bits per heavy atom. The summed E-state index contributed by atoms with van der Waals surface area (Å²) in [6.45, 7) is 4.64. The van der Waals surface area contributed by atoms with Crippen LogP contribution in [0.15, 0.2) is 12.4 Å². The highest BCUT2D eigenvalue weighted by atomic mass is 35.5. The SMILES string of the molecule is CC(C)C(Cl)CNc1ncc(F)cn1. The first-order valence-corrected chi connectivity index (χ1v) is 4.88. The number of halogens is 2. The molecule has 3 nitrogen and oxygen atoms in total. The van der Waals surface area contributed by atoms with Crippen molar-refractivity contribution in [3.8, 4) is 0 Å². The van der Waals surface area contributed by atoms with E-state index in [1.165, 1.54) is 0 Å². The van der Waals surface area contributed by atoms with Crippen molar-refractivity contribution < 1.29 is 4.39 Å². The fraction of sp³-hybridized carbons (Fsp3) is 0.556. The van der Waals surface area contributed by atoms with E-state index in [0.29, 0.717) is 18.4 Å². The van der Waals surface area contributed by atoms with Crippen LogP contribution in [0.1, 0.15) is 13.8 Å². The third kappa shape index (κ3) is 3.46. The lowest BCUT2D eigenvalue weighted by Gasteiger charge is -2.13. The normalized spacial score (nSPS) is 12.9. The Kier molecular flexibility index (Phi) is 4.07. The molecular weight excluding hydrogens is 205 g/mol. The molecule has 5 heteroatoms. The third-order valence-corrected chi connectivity index (χ3v) is 2.46. The molecule has 0 aliphatic carbocycles. The molecule has 14 heavy (non-hydrogen) atoms. The standard InChI is InChI=1S/C9H13ClFN3/c1-6(2)8(10)5-14-9-12-3-7(11)4-13-9/h3-4,6,8H,5H2,1-2H3,(H,12,13,14). The minimum absolute atomic E-state index is 0.0173. The fourth-order valence-electron chi connectivity index (χ4n) is 0.828. The summed E-state index contributed by atoms with van der Waals surface area (Å²) in [4.78, 5) is 7.51. The number of aromatic nitrogens is 2. The van der Waals surface area contributed by atoms with Gasteiger partial charge in [0.15, 0.2) is 5.82 Å². The number of alkyl halides is 1. The lowest BCUT2D eigenvalue weighted by molar-refractivity contribution is 0.607. The van der Waals surface area contributed by atoms with Crippen molar-refractivity contribution in [2.75, 3.05) is 11.9 Å². The van der Waals surface area contributed by atoms with E-state index in [1.54, 1.807) is 0 Å². The van der Waals surface area contributed by atoms with Crippen LogP contribution in [0.3, 0.4) is 0 Å². The van der Waals surface area contributed by atoms with Crippen LogP contribution in [0, 0.1) is 11.7 Å². The molecule has 1 unspecified atom stereocenters. The second kappa shape index (κ2) is 5.10. The number of hydrogen-bond donors (Lipinski definition) is 1. The smallest absolute Gasteiger partial charge is 0.222 e. The molecule has 0 aliphatic rings. The monoisotopic (exact) mass is 217 g/mol. The maximum Gasteiger partial charge on any atom is 0.222 e. The maximum atomic E-state index is 12.4. The number of anilines is 1. The van der Waals surface area contributed by atoms with Gasteiger partial charge in [-0.05, 0) is 5.92 Å².